The summed E-state index contributed by atoms with van der Waals surface area (Å²) >= 11 is 0. The molecule has 8 rings (SSSR count). The fourth-order valence-corrected chi connectivity index (χ4v) is 6.81. The summed E-state index contributed by atoms with van der Waals surface area (Å²) in [5.74, 6) is -2.37. The van der Waals surface area contributed by atoms with Crippen LogP contribution in [0.3, 0.4) is 0 Å². The van der Waals surface area contributed by atoms with Crippen molar-refractivity contribution in [2.45, 2.75) is 44.7 Å². The molecule has 0 aliphatic carbocycles. The molecular formula is C36H33F4N8NaO5. The standard InChI is InChI=1S/C19H18F2N4O2.C17H14F2N4O2.Na.H2O/c1-2-27-19(26)14-11-22-25-9-7-17(23-18(14)25)24-8-3-4-16(24)13-10-12(20)5-6-15(13)21;18-10-3-4-13(19)11(8-10)14-2-1-6-22(14)15-5-7-23-16(21-15)12(9-20-23)17(24)25;;/h5-7,9-11,16H,2-4,8H2,1H3;3-5,7-9,14H,1-2,6H2,(H,24,25);;1H2/q;;+1;/p-1/t16-;14-;;/m00../s1. The SMILES string of the molecule is CCOC(=O)c1cnn2ccc(N3CCC[C@H]3c3cc(F)ccc3F)nc12.O=C(O)c1cnn2ccc(N3CCC[C@H]3c3cc(F)ccc3F)nc12.[Na+].[OH-]. The molecule has 0 radical (unpaired) electrons. The van der Waals surface area contributed by atoms with Crippen LogP contribution in [0.5, 0.6) is 0 Å². The van der Waals surface area contributed by atoms with Gasteiger partial charge in [0.15, 0.2) is 11.3 Å². The third-order valence-corrected chi connectivity index (χ3v) is 9.16. The zero-order valence-corrected chi connectivity index (χ0v) is 31.2. The van der Waals surface area contributed by atoms with E-state index in [0.717, 1.165) is 37.1 Å². The number of aromatic carboxylic acids is 1. The zero-order chi connectivity index (χ0) is 36.5. The Balaban J connectivity index is 0.000000201. The molecule has 0 spiro atoms. The Morgan fingerprint density at radius 3 is 1.69 bits per heavy atom. The number of ether oxygens (including phenoxy) is 1. The van der Waals surface area contributed by atoms with Crippen molar-refractivity contribution in [2.24, 2.45) is 0 Å². The van der Waals surface area contributed by atoms with Crippen LogP contribution in [-0.4, -0.2) is 71.4 Å². The Morgan fingerprint density at radius 1 is 0.759 bits per heavy atom. The van der Waals surface area contributed by atoms with E-state index in [-0.39, 0.29) is 76.1 Å². The van der Waals surface area contributed by atoms with E-state index in [1.807, 2.05) is 9.80 Å². The van der Waals surface area contributed by atoms with Crippen LogP contribution in [0.25, 0.3) is 11.3 Å². The Kier molecular flexibility index (Phi) is 12.6. The molecule has 2 fully saturated rings. The molecule has 2 N–H and O–H groups in total. The van der Waals surface area contributed by atoms with Gasteiger partial charge in [-0.2, -0.15) is 10.2 Å². The minimum Gasteiger partial charge on any atom is -0.870 e. The maximum Gasteiger partial charge on any atom is 1.00 e. The summed E-state index contributed by atoms with van der Waals surface area (Å²) in [5.41, 5.74) is 1.45. The second kappa shape index (κ2) is 16.9. The first-order valence-electron chi connectivity index (χ1n) is 16.6. The number of halogens is 4. The monoisotopic (exact) mass is 756 g/mol. The van der Waals surface area contributed by atoms with Gasteiger partial charge in [-0.1, -0.05) is 0 Å². The number of esters is 1. The predicted octanol–water partition coefficient (Wildman–Crippen LogP) is 3.40. The maximum absolute atomic E-state index is 14.3. The van der Waals surface area contributed by atoms with Crippen molar-refractivity contribution in [1.82, 2.24) is 29.2 Å². The van der Waals surface area contributed by atoms with Crippen molar-refractivity contribution >= 4 is 34.9 Å². The minimum absolute atomic E-state index is 0. The van der Waals surface area contributed by atoms with Crippen molar-refractivity contribution in [2.75, 3.05) is 29.5 Å². The van der Waals surface area contributed by atoms with Crippen LogP contribution >= 0.6 is 0 Å². The molecule has 2 atom stereocenters. The van der Waals surface area contributed by atoms with Crippen LogP contribution in [-0.2, 0) is 4.74 Å². The van der Waals surface area contributed by atoms with Gasteiger partial charge >= 0.3 is 41.5 Å². The first-order valence-corrected chi connectivity index (χ1v) is 16.6. The molecule has 2 saturated heterocycles. The van der Waals surface area contributed by atoms with Crippen LogP contribution in [0.15, 0.2) is 73.3 Å². The number of rotatable bonds is 7. The summed E-state index contributed by atoms with van der Waals surface area (Å²) in [7, 11) is 0. The topological polar surface area (TPSA) is 160 Å². The molecule has 54 heavy (non-hydrogen) atoms. The van der Waals surface area contributed by atoms with Gasteiger partial charge < -0.3 is 25.1 Å². The van der Waals surface area contributed by atoms with Gasteiger partial charge in [-0.05, 0) is 81.1 Å². The number of fused-ring (bicyclic) bond motifs is 2. The molecule has 2 aliphatic rings. The van der Waals surface area contributed by atoms with Crippen LogP contribution in [0.1, 0.15) is 76.5 Å². The summed E-state index contributed by atoms with van der Waals surface area (Å²) in [4.78, 5) is 36.1. The van der Waals surface area contributed by atoms with E-state index >= 15 is 0 Å². The summed E-state index contributed by atoms with van der Waals surface area (Å²) in [6.07, 6.45) is 8.95. The predicted molar refractivity (Wildman–Crippen MR) is 182 cm³/mol. The Hall–Kier alpha value is -5.10. The molecule has 0 unspecified atom stereocenters. The third kappa shape index (κ3) is 7.89. The number of hydrogen-bond acceptors (Lipinski definition) is 10. The maximum atomic E-state index is 14.3. The largest absolute Gasteiger partial charge is 1.00 e. The zero-order valence-electron chi connectivity index (χ0n) is 29.2. The number of carboxylic acids is 1. The summed E-state index contributed by atoms with van der Waals surface area (Å²) < 4.78 is 63.6. The van der Waals surface area contributed by atoms with Crippen molar-refractivity contribution in [3.8, 4) is 0 Å². The van der Waals surface area contributed by atoms with Crippen molar-refractivity contribution in [3.05, 3.63) is 119 Å². The third-order valence-electron chi connectivity index (χ3n) is 9.16. The molecule has 0 amide bonds. The summed E-state index contributed by atoms with van der Waals surface area (Å²) in [6, 6.07) is 9.70. The van der Waals surface area contributed by atoms with Crippen molar-refractivity contribution in [1.29, 1.82) is 0 Å². The van der Waals surface area contributed by atoms with Gasteiger partial charge in [0, 0.05) is 36.6 Å². The van der Waals surface area contributed by atoms with E-state index in [4.69, 9.17) is 4.74 Å². The molecule has 2 aliphatic heterocycles. The first-order chi connectivity index (χ1) is 25.1. The van der Waals surface area contributed by atoms with E-state index in [2.05, 4.69) is 20.2 Å². The minimum atomic E-state index is -1.12. The number of anilines is 2. The second-order valence-electron chi connectivity index (χ2n) is 12.3. The van der Waals surface area contributed by atoms with E-state index < -0.39 is 35.2 Å². The number of nitrogens with zero attached hydrogens (tertiary/aromatic N) is 8. The molecule has 13 nitrogen and oxygen atoms in total. The molecule has 6 heterocycles. The smallest absolute Gasteiger partial charge is 0.870 e. The molecule has 2 aromatic carbocycles. The average molecular weight is 757 g/mol. The van der Waals surface area contributed by atoms with Crippen LogP contribution in [0.4, 0.5) is 29.2 Å². The number of carbonyl (C=O) groups excluding carboxylic acids is 1. The molecule has 0 bridgehead atoms. The van der Waals surface area contributed by atoms with Gasteiger partial charge in [0.25, 0.3) is 0 Å². The molecule has 4 aromatic heterocycles. The van der Waals surface area contributed by atoms with Crippen LogP contribution < -0.4 is 39.4 Å². The van der Waals surface area contributed by atoms with E-state index in [9.17, 15) is 32.3 Å². The molecule has 18 heteroatoms. The Bertz CT molecular complexity index is 2310. The fraction of sp³-hybridized carbons (Fsp3) is 0.278. The Labute approximate surface area is 327 Å². The second-order valence-corrected chi connectivity index (χ2v) is 12.3. The fourth-order valence-electron chi connectivity index (χ4n) is 6.81. The van der Waals surface area contributed by atoms with E-state index in [1.165, 1.54) is 33.6 Å². The van der Waals surface area contributed by atoms with Gasteiger partial charge in [-0.25, -0.2) is 46.1 Å². The molecular weight excluding hydrogens is 723 g/mol. The number of carboxylic acid groups (broad SMARTS) is 1. The van der Waals surface area contributed by atoms with Crippen molar-refractivity contribution in [3.63, 3.8) is 0 Å². The Morgan fingerprint density at radius 2 is 1.22 bits per heavy atom. The average Bonchev–Trinajstić information content (AvgIpc) is 3.96. The first kappa shape index (κ1) is 40.1. The summed E-state index contributed by atoms with van der Waals surface area (Å²) in [6.45, 7) is 3.26. The van der Waals surface area contributed by atoms with E-state index in [0.29, 0.717) is 48.8 Å². The number of carbonyl (C=O) groups is 2. The molecule has 6 aromatic rings. The summed E-state index contributed by atoms with van der Waals surface area (Å²) in [5, 5.41) is 17.3. The van der Waals surface area contributed by atoms with Gasteiger partial charge in [0.2, 0.25) is 0 Å². The van der Waals surface area contributed by atoms with Gasteiger partial charge in [0.05, 0.1) is 31.1 Å². The quantitative estimate of drug-likeness (QED) is 0.145. The molecule has 0 saturated carbocycles. The number of aromatic nitrogens is 6. The number of hydrogen-bond donors (Lipinski definition) is 1. The normalized spacial score (nSPS) is 16.5. The number of benzene rings is 2. The van der Waals surface area contributed by atoms with Crippen LogP contribution in [0.2, 0.25) is 0 Å². The van der Waals surface area contributed by atoms with Gasteiger partial charge in [-0.15, -0.1) is 0 Å². The van der Waals surface area contributed by atoms with Gasteiger partial charge in [-0.3, -0.25) is 0 Å². The van der Waals surface area contributed by atoms with Crippen molar-refractivity contribution < 1.29 is 72.0 Å². The van der Waals surface area contributed by atoms with E-state index in [1.54, 1.807) is 31.5 Å². The molecule has 276 valence electrons. The van der Waals surface area contributed by atoms with Crippen LogP contribution in [0, 0.1) is 23.3 Å². The van der Waals surface area contributed by atoms with Gasteiger partial charge in [0.1, 0.15) is 46.0 Å².